The van der Waals surface area contributed by atoms with Crippen molar-refractivity contribution < 1.29 is 9.47 Å². The minimum atomic E-state index is 0.701. The van der Waals surface area contributed by atoms with Crippen LogP contribution in [0.4, 0.5) is 5.69 Å². The maximum atomic E-state index is 5.45. The molecule has 0 radical (unpaired) electrons. The Bertz CT molecular complexity index is 334. The number of hydrogen-bond donors (Lipinski definition) is 1. The van der Waals surface area contributed by atoms with Gasteiger partial charge in [-0.2, -0.15) is 0 Å². The summed E-state index contributed by atoms with van der Waals surface area (Å²) in [6.45, 7) is 3.00. The number of hydrogen-bond acceptors (Lipinski definition) is 3. The van der Waals surface area contributed by atoms with Crippen LogP contribution in [0.2, 0.25) is 0 Å². The zero-order valence-electron chi connectivity index (χ0n) is 9.84. The van der Waals surface area contributed by atoms with Gasteiger partial charge in [0.15, 0.2) is 0 Å². The molecule has 0 aromatic heterocycles. The van der Waals surface area contributed by atoms with Crippen molar-refractivity contribution >= 4 is 37.5 Å². The molecule has 96 valence electrons. The van der Waals surface area contributed by atoms with Crippen molar-refractivity contribution in [2.75, 3.05) is 38.8 Å². The first-order valence-corrected chi connectivity index (χ1v) is 7.08. The van der Waals surface area contributed by atoms with Crippen molar-refractivity contribution in [3.05, 3.63) is 27.1 Å². The molecule has 0 unspecified atom stereocenters. The smallest absolute Gasteiger partial charge is 0.0639 e. The quantitative estimate of drug-likeness (QED) is 0.712. The first-order chi connectivity index (χ1) is 8.24. The molecule has 5 heteroatoms. The summed E-state index contributed by atoms with van der Waals surface area (Å²) in [4.78, 5) is 0. The Morgan fingerprint density at radius 1 is 1.18 bits per heavy atom. The lowest BCUT2D eigenvalue weighted by Crippen LogP contribution is -2.11. The number of benzene rings is 1. The van der Waals surface area contributed by atoms with E-state index in [1.54, 1.807) is 7.11 Å². The lowest BCUT2D eigenvalue weighted by molar-refractivity contribution is 0.109. The van der Waals surface area contributed by atoms with Gasteiger partial charge in [-0.15, -0.1) is 0 Å². The van der Waals surface area contributed by atoms with Crippen LogP contribution in [-0.4, -0.2) is 33.5 Å². The number of ether oxygens (including phenoxy) is 2. The van der Waals surface area contributed by atoms with Crippen molar-refractivity contribution in [2.24, 2.45) is 0 Å². The van der Waals surface area contributed by atoms with E-state index in [1.165, 1.54) is 0 Å². The molecule has 0 aliphatic rings. The summed E-state index contributed by atoms with van der Waals surface area (Å²) in [6, 6.07) is 6.05. The van der Waals surface area contributed by atoms with Crippen LogP contribution < -0.4 is 5.32 Å². The van der Waals surface area contributed by atoms with Gasteiger partial charge in [0.1, 0.15) is 0 Å². The van der Waals surface area contributed by atoms with E-state index in [4.69, 9.17) is 9.47 Å². The second kappa shape index (κ2) is 8.91. The van der Waals surface area contributed by atoms with E-state index in [-0.39, 0.29) is 0 Å². The standard InChI is InChI=1S/C12H17Br2NO2/c1-16-6-2-7-17-8-5-15-12-4-3-10(13)9-11(12)14/h3-4,9,15H,2,5-8H2,1H3. The molecule has 3 nitrogen and oxygen atoms in total. The van der Waals surface area contributed by atoms with E-state index in [2.05, 4.69) is 37.2 Å². The summed E-state index contributed by atoms with van der Waals surface area (Å²) in [7, 11) is 1.70. The fourth-order valence-corrected chi connectivity index (χ4v) is 2.49. The Kier molecular flexibility index (Phi) is 7.84. The van der Waals surface area contributed by atoms with Crippen LogP contribution in [0.25, 0.3) is 0 Å². The number of methoxy groups -OCH3 is 1. The predicted octanol–water partition coefficient (Wildman–Crippen LogP) is 3.68. The average molecular weight is 367 g/mol. The van der Waals surface area contributed by atoms with Crippen molar-refractivity contribution in [3.63, 3.8) is 0 Å². The Morgan fingerprint density at radius 3 is 2.71 bits per heavy atom. The van der Waals surface area contributed by atoms with Crippen LogP contribution in [-0.2, 0) is 9.47 Å². The van der Waals surface area contributed by atoms with Crippen molar-refractivity contribution in [2.45, 2.75) is 6.42 Å². The maximum absolute atomic E-state index is 5.45. The molecule has 1 aromatic carbocycles. The summed E-state index contributed by atoms with van der Waals surface area (Å²) < 4.78 is 12.5. The van der Waals surface area contributed by atoms with Crippen LogP contribution in [0.3, 0.4) is 0 Å². The van der Waals surface area contributed by atoms with Gasteiger partial charge in [-0.05, 0) is 40.5 Å². The van der Waals surface area contributed by atoms with E-state index in [1.807, 2.05) is 18.2 Å². The zero-order valence-corrected chi connectivity index (χ0v) is 13.0. The van der Waals surface area contributed by atoms with Crippen LogP contribution >= 0.6 is 31.9 Å². The van der Waals surface area contributed by atoms with Gasteiger partial charge >= 0.3 is 0 Å². The molecule has 0 bridgehead atoms. The summed E-state index contributed by atoms with van der Waals surface area (Å²) in [6.07, 6.45) is 0.943. The molecule has 1 aromatic rings. The third kappa shape index (κ3) is 6.41. The molecule has 0 fully saturated rings. The van der Waals surface area contributed by atoms with Gasteiger partial charge in [0.05, 0.1) is 6.61 Å². The minimum Gasteiger partial charge on any atom is -0.385 e. The third-order valence-corrected chi connectivity index (χ3v) is 3.28. The van der Waals surface area contributed by atoms with Crippen LogP contribution in [0, 0.1) is 0 Å². The molecule has 0 atom stereocenters. The highest BCUT2D eigenvalue weighted by Crippen LogP contribution is 2.25. The summed E-state index contributed by atoms with van der Waals surface area (Å²) in [5.74, 6) is 0. The predicted molar refractivity (Wildman–Crippen MR) is 77.6 cm³/mol. The van der Waals surface area contributed by atoms with Gasteiger partial charge in [0.25, 0.3) is 0 Å². The van der Waals surface area contributed by atoms with Gasteiger partial charge in [-0.25, -0.2) is 0 Å². The zero-order chi connectivity index (χ0) is 12.5. The van der Waals surface area contributed by atoms with Gasteiger partial charge in [0.2, 0.25) is 0 Å². The molecule has 0 spiro atoms. The molecule has 17 heavy (non-hydrogen) atoms. The maximum Gasteiger partial charge on any atom is 0.0639 e. The number of anilines is 1. The molecular weight excluding hydrogens is 350 g/mol. The van der Waals surface area contributed by atoms with E-state index in [9.17, 15) is 0 Å². The first kappa shape index (κ1) is 15.0. The first-order valence-electron chi connectivity index (χ1n) is 5.49. The van der Waals surface area contributed by atoms with Gasteiger partial charge < -0.3 is 14.8 Å². The van der Waals surface area contributed by atoms with E-state index in [0.717, 1.165) is 40.8 Å². The Hall–Kier alpha value is -0.100. The van der Waals surface area contributed by atoms with Crippen LogP contribution in [0.1, 0.15) is 6.42 Å². The van der Waals surface area contributed by atoms with Gasteiger partial charge in [0, 0.05) is 41.5 Å². The van der Waals surface area contributed by atoms with Gasteiger partial charge in [-0.3, -0.25) is 0 Å². The molecule has 1 N–H and O–H groups in total. The van der Waals surface area contributed by atoms with E-state index in [0.29, 0.717) is 6.61 Å². The lowest BCUT2D eigenvalue weighted by atomic mass is 10.3. The molecule has 0 heterocycles. The number of nitrogens with one attached hydrogen (secondary N) is 1. The fraction of sp³-hybridized carbons (Fsp3) is 0.500. The number of rotatable bonds is 8. The highest BCUT2D eigenvalue weighted by Gasteiger charge is 1.99. The topological polar surface area (TPSA) is 30.5 Å². The second-order valence-corrected chi connectivity index (χ2v) is 5.28. The Balaban J connectivity index is 2.14. The minimum absolute atomic E-state index is 0.701. The summed E-state index contributed by atoms with van der Waals surface area (Å²) >= 11 is 6.92. The molecular formula is C12H17Br2NO2. The largest absolute Gasteiger partial charge is 0.385 e. The lowest BCUT2D eigenvalue weighted by Gasteiger charge is -2.09. The highest BCUT2D eigenvalue weighted by molar-refractivity contribution is 9.11. The normalized spacial score (nSPS) is 10.5. The number of halogens is 2. The molecule has 0 saturated carbocycles. The van der Waals surface area contributed by atoms with Gasteiger partial charge in [-0.1, -0.05) is 15.9 Å². The van der Waals surface area contributed by atoms with Crippen molar-refractivity contribution in [3.8, 4) is 0 Å². The van der Waals surface area contributed by atoms with Crippen LogP contribution in [0.5, 0.6) is 0 Å². The van der Waals surface area contributed by atoms with E-state index >= 15 is 0 Å². The van der Waals surface area contributed by atoms with Crippen LogP contribution in [0.15, 0.2) is 27.1 Å². The molecule has 0 aliphatic heterocycles. The van der Waals surface area contributed by atoms with Crippen molar-refractivity contribution in [1.82, 2.24) is 0 Å². The van der Waals surface area contributed by atoms with Crippen molar-refractivity contribution in [1.29, 1.82) is 0 Å². The Labute approximate surface area is 119 Å². The molecule has 0 saturated heterocycles. The molecule has 0 amide bonds. The molecule has 0 aliphatic carbocycles. The second-order valence-electron chi connectivity index (χ2n) is 3.51. The summed E-state index contributed by atoms with van der Waals surface area (Å²) in [5, 5.41) is 3.31. The van der Waals surface area contributed by atoms with E-state index < -0.39 is 0 Å². The Morgan fingerprint density at radius 2 is 2.00 bits per heavy atom. The summed E-state index contributed by atoms with van der Waals surface area (Å²) in [5.41, 5.74) is 1.08. The third-order valence-electron chi connectivity index (χ3n) is 2.13. The highest BCUT2D eigenvalue weighted by atomic mass is 79.9. The SMILES string of the molecule is COCCCOCCNc1ccc(Br)cc1Br. The fourth-order valence-electron chi connectivity index (χ4n) is 1.30. The monoisotopic (exact) mass is 365 g/mol. The average Bonchev–Trinajstić information content (AvgIpc) is 2.30. The molecule has 1 rings (SSSR count).